The van der Waals surface area contributed by atoms with Gasteiger partial charge < -0.3 is 24.1 Å². The lowest BCUT2D eigenvalue weighted by atomic mass is 9.81. The molecule has 4 heterocycles. The number of ether oxygens (including phenoxy) is 4. The fourth-order valence-corrected chi connectivity index (χ4v) is 4.09. The van der Waals surface area contributed by atoms with Crippen LogP contribution in [0.4, 0.5) is 0 Å². The molecule has 0 aromatic carbocycles. The molecule has 1 N–H and O–H groups in total. The summed E-state index contributed by atoms with van der Waals surface area (Å²) in [4.78, 5) is 24.3. The van der Waals surface area contributed by atoms with E-state index in [2.05, 4.69) is 13.2 Å². The summed E-state index contributed by atoms with van der Waals surface area (Å²) in [5, 5.41) is 10.5. The number of esters is 2. The average molecular weight is 362 g/mol. The zero-order valence-electron chi connectivity index (χ0n) is 14.6. The molecule has 3 fully saturated rings. The van der Waals surface area contributed by atoms with Crippen molar-refractivity contribution < 1.29 is 33.6 Å². The third-order valence-electron chi connectivity index (χ3n) is 5.61. The molecule has 6 atom stereocenters. The molecule has 0 aromatic heterocycles. The van der Waals surface area contributed by atoms with E-state index in [0.717, 1.165) is 18.4 Å². The van der Waals surface area contributed by atoms with Gasteiger partial charge in [0.15, 0.2) is 6.29 Å². The van der Waals surface area contributed by atoms with Gasteiger partial charge in [-0.2, -0.15) is 0 Å². The summed E-state index contributed by atoms with van der Waals surface area (Å²) in [6.07, 6.45) is 0.815. The number of carbonyl (C=O) groups is 2. The molecule has 7 heteroatoms. The predicted octanol–water partition coefficient (Wildman–Crippen LogP) is 1.17. The molecule has 0 saturated carbocycles. The molecule has 4 aliphatic heterocycles. The number of aliphatic hydroxyl groups excluding tert-OH is 1. The van der Waals surface area contributed by atoms with E-state index in [1.807, 2.05) is 6.08 Å². The highest BCUT2D eigenvalue weighted by Gasteiger charge is 2.65. The van der Waals surface area contributed by atoms with Gasteiger partial charge in [0.05, 0.1) is 18.6 Å². The summed E-state index contributed by atoms with van der Waals surface area (Å²) in [6, 6.07) is 0. The lowest BCUT2D eigenvalue weighted by molar-refractivity contribution is -0.163. The molecular weight excluding hydrogens is 340 g/mol. The highest BCUT2D eigenvalue weighted by molar-refractivity contribution is 5.91. The maximum Gasteiger partial charge on any atom is 0.334 e. The van der Waals surface area contributed by atoms with Gasteiger partial charge >= 0.3 is 11.9 Å². The number of hydrogen-bond acceptors (Lipinski definition) is 7. The number of hydrogen-bond donors (Lipinski definition) is 1. The highest BCUT2D eigenvalue weighted by atomic mass is 16.7. The average Bonchev–Trinajstić information content (AvgIpc) is 3.20. The Morgan fingerprint density at radius 1 is 1.46 bits per heavy atom. The Hall–Kier alpha value is -1.96. The van der Waals surface area contributed by atoms with Crippen LogP contribution < -0.4 is 0 Å². The van der Waals surface area contributed by atoms with Crippen LogP contribution in [0.25, 0.3) is 0 Å². The van der Waals surface area contributed by atoms with Crippen LogP contribution >= 0.6 is 0 Å². The lowest BCUT2D eigenvalue weighted by Crippen LogP contribution is -2.45. The SMILES string of the molecule is C=C(C)C(=O)O[C@@H]1C[C@]23O[C@H]2CC/C(=C/[C@H]2OC(=O)C(=C)[C@H]21)CO[C@H]3O. The number of epoxide rings is 1. The van der Waals surface area contributed by atoms with E-state index in [1.54, 1.807) is 6.92 Å². The standard InChI is InChI=1S/C19H22O7/c1-9(2)16(20)25-13-7-19-14(26-19)5-4-11(8-23-18(19)22)6-12-15(13)10(3)17(21)24-12/h6,12-15,18,22H,1,3-5,7-8H2,2H3/b11-6-/t12-,13-,14+,15-,18-,19+/m1/s1. The van der Waals surface area contributed by atoms with E-state index >= 15 is 0 Å². The van der Waals surface area contributed by atoms with Gasteiger partial charge in [-0.05, 0) is 31.4 Å². The maximum absolute atomic E-state index is 12.2. The van der Waals surface area contributed by atoms with E-state index in [0.29, 0.717) is 0 Å². The number of aliphatic hydroxyl groups is 1. The van der Waals surface area contributed by atoms with Crippen molar-refractivity contribution in [2.45, 2.75) is 56.4 Å². The fourth-order valence-electron chi connectivity index (χ4n) is 4.09. The largest absolute Gasteiger partial charge is 0.458 e. The first kappa shape index (κ1) is 17.5. The zero-order valence-corrected chi connectivity index (χ0v) is 14.6. The third kappa shape index (κ3) is 2.71. The Labute approximate surface area is 151 Å². The Morgan fingerprint density at radius 2 is 2.23 bits per heavy atom. The summed E-state index contributed by atoms with van der Waals surface area (Å²) in [5.74, 6) is -1.61. The molecular formula is C19H22O7. The number of carbonyl (C=O) groups excluding carboxylic acids is 2. The first-order chi connectivity index (χ1) is 12.3. The van der Waals surface area contributed by atoms with Crippen molar-refractivity contribution in [3.05, 3.63) is 36.0 Å². The molecule has 26 heavy (non-hydrogen) atoms. The smallest absolute Gasteiger partial charge is 0.334 e. The normalized spacial score (nSPS) is 43.3. The molecule has 7 nitrogen and oxygen atoms in total. The molecule has 3 saturated heterocycles. The van der Waals surface area contributed by atoms with E-state index in [1.165, 1.54) is 0 Å². The zero-order chi connectivity index (χ0) is 18.6. The van der Waals surface area contributed by atoms with E-state index < -0.39 is 42.0 Å². The summed E-state index contributed by atoms with van der Waals surface area (Å²) in [6.45, 7) is 9.24. The van der Waals surface area contributed by atoms with Gasteiger partial charge in [0.2, 0.25) is 0 Å². The van der Waals surface area contributed by atoms with Gasteiger partial charge in [0.1, 0.15) is 17.8 Å². The van der Waals surface area contributed by atoms with Crippen LogP contribution in [0.3, 0.4) is 0 Å². The van der Waals surface area contributed by atoms with E-state index in [-0.39, 0.29) is 30.3 Å². The molecule has 0 radical (unpaired) electrons. The van der Waals surface area contributed by atoms with Gasteiger partial charge in [-0.1, -0.05) is 13.2 Å². The van der Waals surface area contributed by atoms with Crippen LogP contribution in [0.1, 0.15) is 26.2 Å². The summed E-state index contributed by atoms with van der Waals surface area (Å²) in [7, 11) is 0. The van der Waals surface area contributed by atoms with Gasteiger partial charge in [-0.3, -0.25) is 0 Å². The van der Waals surface area contributed by atoms with E-state index in [9.17, 15) is 14.7 Å². The second kappa shape index (κ2) is 6.04. The van der Waals surface area contributed by atoms with Gasteiger partial charge in [0, 0.05) is 17.6 Å². The molecule has 0 aromatic rings. The minimum atomic E-state index is -1.13. The molecule has 1 spiro atoms. The fraction of sp³-hybridized carbons (Fsp3) is 0.579. The summed E-state index contributed by atoms with van der Waals surface area (Å²) >= 11 is 0. The van der Waals surface area contributed by atoms with Gasteiger partial charge in [-0.25, -0.2) is 9.59 Å². The van der Waals surface area contributed by atoms with Crippen LogP contribution in [0.5, 0.6) is 0 Å². The maximum atomic E-state index is 12.2. The quantitative estimate of drug-likeness (QED) is 0.341. The van der Waals surface area contributed by atoms with Gasteiger partial charge in [0.25, 0.3) is 0 Å². The molecule has 5 aliphatic rings. The lowest BCUT2D eigenvalue weighted by Gasteiger charge is -2.33. The Bertz CT molecular complexity index is 723. The molecule has 140 valence electrons. The first-order valence-corrected chi connectivity index (χ1v) is 8.75. The topological polar surface area (TPSA) is 94.6 Å². The number of fused-ring (bicyclic) bond motifs is 4. The second-order valence-electron chi connectivity index (χ2n) is 7.44. The van der Waals surface area contributed by atoms with Crippen molar-refractivity contribution >= 4 is 11.9 Å². The van der Waals surface area contributed by atoms with Crippen molar-refractivity contribution in [2.75, 3.05) is 6.61 Å². The van der Waals surface area contributed by atoms with Gasteiger partial charge in [-0.15, -0.1) is 0 Å². The summed E-state index contributed by atoms with van der Waals surface area (Å²) < 4.78 is 22.5. The minimum Gasteiger partial charge on any atom is -0.458 e. The minimum absolute atomic E-state index is 0.185. The number of rotatable bonds is 2. The predicted molar refractivity (Wildman–Crippen MR) is 88.7 cm³/mol. The van der Waals surface area contributed by atoms with Crippen LogP contribution in [0, 0.1) is 5.92 Å². The van der Waals surface area contributed by atoms with Crippen LogP contribution in [0.2, 0.25) is 0 Å². The Balaban J connectivity index is 1.76. The van der Waals surface area contributed by atoms with Crippen LogP contribution in [-0.2, 0) is 28.5 Å². The molecule has 0 amide bonds. The molecule has 1 aliphatic carbocycles. The van der Waals surface area contributed by atoms with Crippen molar-refractivity contribution in [3.8, 4) is 0 Å². The van der Waals surface area contributed by atoms with Crippen molar-refractivity contribution in [1.29, 1.82) is 0 Å². The third-order valence-corrected chi connectivity index (χ3v) is 5.61. The second-order valence-corrected chi connectivity index (χ2v) is 7.44. The summed E-state index contributed by atoms with van der Waals surface area (Å²) in [5.41, 5.74) is 0.475. The van der Waals surface area contributed by atoms with E-state index in [4.69, 9.17) is 18.9 Å². The molecule has 0 unspecified atom stereocenters. The van der Waals surface area contributed by atoms with Crippen molar-refractivity contribution in [1.82, 2.24) is 0 Å². The van der Waals surface area contributed by atoms with Crippen molar-refractivity contribution in [2.24, 2.45) is 5.92 Å². The first-order valence-electron chi connectivity index (χ1n) is 8.75. The van der Waals surface area contributed by atoms with Crippen LogP contribution in [-0.4, -0.2) is 53.9 Å². The Morgan fingerprint density at radius 3 is 2.96 bits per heavy atom. The Kier molecular flexibility index (Phi) is 4.06. The highest BCUT2D eigenvalue weighted by Crippen LogP contribution is 2.51. The molecule has 5 rings (SSSR count). The molecule has 2 bridgehead atoms. The van der Waals surface area contributed by atoms with Crippen LogP contribution in [0.15, 0.2) is 36.0 Å². The van der Waals surface area contributed by atoms with Crippen molar-refractivity contribution in [3.63, 3.8) is 0 Å². The monoisotopic (exact) mass is 362 g/mol.